The van der Waals surface area contributed by atoms with Crippen LogP contribution in [0.25, 0.3) is 11.1 Å². The molecule has 4 rings (SSSR count). The molecular weight excluding hydrogens is 400 g/mol. The molecule has 2 N–H and O–H groups in total. The summed E-state index contributed by atoms with van der Waals surface area (Å²) >= 11 is 6.03. The van der Waals surface area contributed by atoms with Crippen LogP contribution in [0.1, 0.15) is 24.5 Å². The van der Waals surface area contributed by atoms with E-state index < -0.39 is 0 Å². The Kier molecular flexibility index (Phi) is 6.14. The summed E-state index contributed by atoms with van der Waals surface area (Å²) in [5.41, 5.74) is 8.66. The predicted molar refractivity (Wildman–Crippen MR) is 117 cm³/mol. The fourth-order valence-corrected chi connectivity index (χ4v) is 3.88. The molecule has 0 saturated carbocycles. The summed E-state index contributed by atoms with van der Waals surface area (Å²) in [4.78, 5) is 23.3. The van der Waals surface area contributed by atoms with Crippen LogP contribution in [-0.4, -0.2) is 40.5 Å². The normalized spacial score (nSPS) is 16.3. The van der Waals surface area contributed by atoms with Crippen LogP contribution in [0.15, 0.2) is 60.8 Å². The molecule has 0 aliphatic carbocycles. The van der Waals surface area contributed by atoms with Crippen molar-refractivity contribution in [3.63, 3.8) is 0 Å². The van der Waals surface area contributed by atoms with Crippen LogP contribution >= 0.6 is 11.6 Å². The van der Waals surface area contributed by atoms with E-state index in [1.807, 2.05) is 59.5 Å². The van der Waals surface area contributed by atoms with E-state index in [0.29, 0.717) is 23.9 Å². The highest BCUT2D eigenvalue weighted by atomic mass is 35.5. The van der Waals surface area contributed by atoms with Gasteiger partial charge in [0.15, 0.2) is 6.61 Å². The molecule has 30 heavy (non-hydrogen) atoms. The smallest absolute Gasteiger partial charge is 0.260 e. The molecular formula is C23H23ClN4O2. The Hall–Kier alpha value is -3.12. The minimum atomic E-state index is -0.0291. The number of para-hydroxylation sites is 1. The highest BCUT2D eigenvalue weighted by molar-refractivity contribution is 6.30. The monoisotopic (exact) mass is 422 g/mol. The molecule has 1 aliphatic rings. The Morgan fingerprint density at radius 3 is 2.70 bits per heavy atom. The van der Waals surface area contributed by atoms with Gasteiger partial charge in [-0.15, -0.1) is 0 Å². The summed E-state index contributed by atoms with van der Waals surface area (Å²) in [6.45, 7) is 1.31. The minimum absolute atomic E-state index is 0.0205. The number of hydrogen-bond donors (Lipinski definition) is 1. The Morgan fingerprint density at radius 1 is 1.17 bits per heavy atom. The first-order chi connectivity index (χ1) is 14.6. The lowest BCUT2D eigenvalue weighted by Crippen LogP contribution is -2.41. The van der Waals surface area contributed by atoms with Gasteiger partial charge in [-0.25, -0.2) is 9.97 Å². The summed E-state index contributed by atoms with van der Waals surface area (Å²) in [6, 6.07) is 16.9. The summed E-state index contributed by atoms with van der Waals surface area (Å²) < 4.78 is 5.64. The highest BCUT2D eigenvalue weighted by Gasteiger charge is 2.28. The summed E-state index contributed by atoms with van der Waals surface area (Å²) in [5.74, 6) is 0.973. The number of carbonyl (C=O) groups is 1. The molecule has 0 bridgehead atoms. The second-order valence-corrected chi connectivity index (χ2v) is 7.75. The molecule has 7 heteroatoms. The van der Waals surface area contributed by atoms with Crippen LogP contribution in [0.5, 0.6) is 5.75 Å². The van der Waals surface area contributed by atoms with E-state index in [0.717, 1.165) is 29.7 Å². The average Bonchev–Trinajstić information content (AvgIpc) is 2.79. The number of aromatic nitrogens is 2. The first kappa shape index (κ1) is 20.2. The Labute approximate surface area is 180 Å². The number of halogens is 1. The third-order valence-electron chi connectivity index (χ3n) is 5.26. The summed E-state index contributed by atoms with van der Waals surface area (Å²) in [5, 5.41) is 0.671. The van der Waals surface area contributed by atoms with Crippen molar-refractivity contribution >= 4 is 23.5 Å². The topological polar surface area (TPSA) is 81.3 Å². The summed E-state index contributed by atoms with van der Waals surface area (Å²) in [6.07, 6.45) is 3.58. The number of rotatable bonds is 5. The van der Waals surface area contributed by atoms with Crippen LogP contribution in [0, 0.1) is 0 Å². The number of nitrogen functional groups attached to an aromatic ring is 1. The third kappa shape index (κ3) is 4.71. The van der Waals surface area contributed by atoms with Gasteiger partial charge in [0.1, 0.15) is 5.75 Å². The van der Waals surface area contributed by atoms with Crippen LogP contribution in [0.4, 0.5) is 5.95 Å². The Morgan fingerprint density at radius 2 is 1.93 bits per heavy atom. The van der Waals surface area contributed by atoms with E-state index in [4.69, 9.17) is 22.1 Å². The molecule has 1 fully saturated rings. The van der Waals surface area contributed by atoms with Gasteiger partial charge in [-0.1, -0.05) is 41.9 Å². The predicted octanol–water partition coefficient (Wildman–Crippen LogP) is 4.16. The van der Waals surface area contributed by atoms with Gasteiger partial charge in [-0.05, 0) is 42.7 Å². The fraction of sp³-hybridized carbons (Fsp3) is 0.261. The molecule has 0 radical (unpaired) electrons. The second-order valence-electron chi connectivity index (χ2n) is 7.31. The summed E-state index contributed by atoms with van der Waals surface area (Å²) in [7, 11) is 0. The van der Waals surface area contributed by atoms with Crippen molar-refractivity contribution in [2.24, 2.45) is 0 Å². The molecule has 1 amide bonds. The second kappa shape index (κ2) is 9.13. The van der Waals surface area contributed by atoms with Crippen LogP contribution in [-0.2, 0) is 4.79 Å². The minimum Gasteiger partial charge on any atom is -0.484 e. The lowest BCUT2D eigenvalue weighted by molar-refractivity contribution is -0.134. The van der Waals surface area contributed by atoms with Crippen molar-refractivity contribution < 1.29 is 9.53 Å². The first-order valence-electron chi connectivity index (χ1n) is 9.94. The molecule has 3 aromatic rings. The number of ether oxygens (including phenoxy) is 1. The molecule has 2 aromatic carbocycles. The first-order valence-corrected chi connectivity index (χ1v) is 10.3. The molecule has 1 atom stereocenters. The van der Waals surface area contributed by atoms with E-state index >= 15 is 0 Å². The van der Waals surface area contributed by atoms with Gasteiger partial charge < -0.3 is 15.4 Å². The van der Waals surface area contributed by atoms with Crippen molar-refractivity contribution in [1.29, 1.82) is 0 Å². The van der Waals surface area contributed by atoms with Crippen molar-refractivity contribution in [3.8, 4) is 16.9 Å². The van der Waals surface area contributed by atoms with Crippen molar-refractivity contribution in [2.75, 3.05) is 25.4 Å². The molecule has 1 aliphatic heterocycles. The molecule has 154 valence electrons. The van der Waals surface area contributed by atoms with E-state index in [2.05, 4.69) is 9.97 Å². The van der Waals surface area contributed by atoms with Gasteiger partial charge in [-0.3, -0.25) is 4.79 Å². The van der Waals surface area contributed by atoms with Gasteiger partial charge in [0.05, 0.1) is 5.69 Å². The van der Waals surface area contributed by atoms with Gasteiger partial charge >= 0.3 is 0 Å². The quantitative estimate of drug-likeness (QED) is 0.667. The van der Waals surface area contributed by atoms with Gasteiger partial charge in [-0.2, -0.15) is 0 Å². The van der Waals surface area contributed by atoms with E-state index in [-0.39, 0.29) is 24.4 Å². The van der Waals surface area contributed by atoms with Crippen molar-refractivity contribution in [3.05, 3.63) is 71.5 Å². The molecule has 0 unspecified atom stereocenters. The molecule has 1 aromatic heterocycles. The zero-order chi connectivity index (χ0) is 20.9. The number of likely N-dealkylation sites (tertiary alicyclic amines) is 1. The van der Waals surface area contributed by atoms with Crippen molar-refractivity contribution in [2.45, 2.75) is 18.8 Å². The van der Waals surface area contributed by atoms with Gasteiger partial charge in [0.2, 0.25) is 5.95 Å². The van der Waals surface area contributed by atoms with Crippen LogP contribution in [0.2, 0.25) is 5.02 Å². The average molecular weight is 423 g/mol. The van der Waals surface area contributed by atoms with E-state index in [9.17, 15) is 4.79 Å². The fourth-order valence-electron chi connectivity index (χ4n) is 3.75. The third-order valence-corrected chi connectivity index (χ3v) is 5.51. The standard InChI is InChI=1S/C23H23ClN4O2/c24-18-10-8-16(9-11-18)20-13-26-23(25)27-22(20)17-5-4-12-28(14-17)21(29)15-30-19-6-2-1-3-7-19/h1-3,6-11,13,17H,4-5,12,14-15H2,(H2,25,26,27)/t17-/m0/s1. The van der Waals surface area contributed by atoms with E-state index in [1.165, 1.54) is 0 Å². The molecule has 0 spiro atoms. The zero-order valence-corrected chi connectivity index (χ0v) is 17.3. The van der Waals surface area contributed by atoms with Crippen LogP contribution < -0.4 is 10.5 Å². The van der Waals surface area contributed by atoms with E-state index in [1.54, 1.807) is 6.20 Å². The SMILES string of the molecule is Nc1ncc(-c2ccc(Cl)cc2)c([C@H]2CCCN(C(=O)COc3ccccc3)C2)n1. The maximum atomic E-state index is 12.7. The number of carbonyl (C=O) groups excluding carboxylic acids is 1. The number of piperidine rings is 1. The number of anilines is 1. The Balaban J connectivity index is 1.51. The van der Waals surface area contributed by atoms with Gasteiger partial charge in [0.25, 0.3) is 5.91 Å². The van der Waals surface area contributed by atoms with Gasteiger partial charge in [0, 0.05) is 35.8 Å². The Bertz CT molecular complexity index is 1010. The highest BCUT2D eigenvalue weighted by Crippen LogP contribution is 2.33. The molecule has 6 nitrogen and oxygen atoms in total. The van der Waals surface area contributed by atoms with Crippen LogP contribution in [0.3, 0.4) is 0 Å². The maximum absolute atomic E-state index is 12.7. The largest absolute Gasteiger partial charge is 0.484 e. The number of hydrogen-bond acceptors (Lipinski definition) is 5. The number of nitrogens with two attached hydrogens (primary N) is 1. The maximum Gasteiger partial charge on any atom is 0.260 e. The zero-order valence-electron chi connectivity index (χ0n) is 16.5. The van der Waals surface area contributed by atoms with Crippen molar-refractivity contribution in [1.82, 2.24) is 14.9 Å². The number of benzene rings is 2. The lowest BCUT2D eigenvalue weighted by atomic mass is 9.90. The number of nitrogens with zero attached hydrogens (tertiary/aromatic N) is 3. The molecule has 1 saturated heterocycles. The number of amides is 1. The molecule has 2 heterocycles. The lowest BCUT2D eigenvalue weighted by Gasteiger charge is -2.33.